The number of furan rings is 1. The molecule has 3 N–H and O–H groups in total. The zero-order valence-corrected chi connectivity index (χ0v) is 15.2. The smallest absolute Gasteiger partial charge is 0.191 e. The summed E-state index contributed by atoms with van der Waals surface area (Å²) in [5, 5.41) is 17.2. The van der Waals surface area contributed by atoms with Gasteiger partial charge >= 0.3 is 0 Å². The molecule has 5 nitrogen and oxygen atoms in total. The molecule has 0 amide bonds. The summed E-state index contributed by atoms with van der Waals surface area (Å²) in [6.07, 6.45) is 8.50. The Bertz CT molecular complexity index is 573. The molecule has 0 saturated carbocycles. The van der Waals surface area contributed by atoms with Crippen molar-refractivity contribution < 1.29 is 9.52 Å². The third-order valence-electron chi connectivity index (χ3n) is 4.28. The van der Waals surface area contributed by atoms with Crippen LogP contribution in [-0.2, 0) is 5.60 Å². The van der Waals surface area contributed by atoms with Gasteiger partial charge in [-0.05, 0) is 65.0 Å². The number of allylic oxidation sites excluding steroid dienone is 1. The van der Waals surface area contributed by atoms with E-state index < -0.39 is 5.60 Å². The quantitative estimate of drug-likeness (QED) is 0.407. The van der Waals surface area contributed by atoms with E-state index in [9.17, 15) is 5.11 Å². The van der Waals surface area contributed by atoms with Gasteiger partial charge < -0.3 is 20.2 Å². The maximum Gasteiger partial charge on any atom is 0.191 e. The predicted octanol–water partition coefficient (Wildman–Crippen LogP) is 3.24. The average molecular weight is 333 g/mol. The molecule has 1 aromatic heterocycles. The van der Waals surface area contributed by atoms with Crippen LogP contribution in [0.3, 0.4) is 0 Å². The van der Waals surface area contributed by atoms with Gasteiger partial charge in [0.1, 0.15) is 17.1 Å². The molecule has 134 valence electrons. The average Bonchev–Trinajstić information content (AvgIpc) is 3.01. The molecule has 0 bridgehead atoms. The number of aliphatic hydroxyl groups is 1. The van der Waals surface area contributed by atoms with Gasteiger partial charge in [-0.25, -0.2) is 4.99 Å². The molecule has 24 heavy (non-hydrogen) atoms. The zero-order chi connectivity index (χ0) is 17.4. The van der Waals surface area contributed by atoms with Crippen LogP contribution in [0.25, 0.3) is 0 Å². The van der Waals surface area contributed by atoms with Gasteiger partial charge in [0.05, 0.1) is 6.54 Å². The van der Waals surface area contributed by atoms with Crippen molar-refractivity contribution in [3.8, 4) is 0 Å². The standard InChI is InChI=1S/C19H31N3O2/c1-4-20-18(21-13-12-16-8-6-5-7-9-16)22-14-19(3,23)17-11-10-15(2)24-17/h8,10-11,23H,4-7,9,12-14H2,1-3H3,(H2,20,21,22). The minimum atomic E-state index is -1.11. The van der Waals surface area contributed by atoms with Crippen molar-refractivity contribution in [2.75, 3.05) is 19.6 Å². The Labute approximate surface area is 145 Å². The molecule has 1 aliphatic rings. The number of aryl methyl sites for hydroxylation is 1. The topological polar surface area (TPSA) is 69.8 Å². The van der Waals surface area contributed by atoms with Crippen LogP contribution in [0.5, 0.6) is 0 Å². The summed E-state index contributed by atoms with van der Waals surface area (Å²) in [5.41, 5.74) is 0.436. The van der Waals surface area contributed by atoms with Gasteiger partial charge in [-0.15, -0.1) is 0 Å². The Balaban J connectivity index is 1.88. The van der Waals surface area contributed by atoms with Crippen molar-refractivity contribution >= 4 is 5.96 Å². The fraction of sp³-hybridized carbons (Fsp3) is 0.632. The first-order valence-electron chi connectivity index (χ1n) is 9.00. The van der Waals surface area contributed by atoms with Crippen molar-refractivity contribution in [2.24, 2.45) is 4.99 Å². The highest BCUT2D eigenvalue weighted by Crippen LogP contribution is 2.23. The monoisotopic (exact) mass is 333 g/mol. The number of rotatable bonds is 7. The number of hydrogen-bond acceptors (Lipinski definition) is 3. The van der Waals surface area contributed by atoms with Crippen LogP contribution >= 0.6 is 0 Å². The van der Waals surface area contributed by atoms with E-state index >= 15 is 0 Å². The largest absolute Gasteiger partial charge is 0.463 e. The zero-order valence-electron chi connectivity index (χ0n) is 15.2. The number of hydrogen-bond donors (Lipinski definition) is 3. The van der Waals surface area contributed by atoms with E-state index in [4.69, 9.17) is 4.42 Å². The van der Waals surface area contributed by atoms with E-state index in [1.807, 2.05) is 19.9 Å². The summed E-state index contributed by atoms with van der Waals surface area (Å²) in [6.45, 7) is 7.53. The van der Waals surface area contributed by atoms with Gasteiger partial charge in [0.2, 0.25) is 0 Å². The van der Waals surface area contributed by atoms with Gasteiger partial charge in [-0.3, -0.25) is 0 Å². The molecule has 1 aromatic rings. The van der Waals surface area contributed by atoms with Crippen molar-refractivity contribution in [1.29, 1.82) is 0 Å². The lowest BCUT2D eigenvalue weighted by atomic mass is 9.97. The molecule has 1 heterocycles. The van der Waals surface area contributed by atoms with Gasteiger partial charge in [0.15, 0.2) is 5.96 Å². The third-order valence-corrected chi connectivity index (χ3v) is 4.28. The van der Waals surface area contributed by atoms with Crippen LogP contribution < -0.4 is 10.6 Å². The Hall–Kier alpha value is -1.75. The summed E-state index contributed by atoms with van der Waals surface area (Å²) in [7, 11) is 0. The molecule has 2 rings (SSSR count). The maximum atomic E-state index is 10.6. The molecule has 1 aliphatic carbocycles. The van der Waals surface area contributed by atoms with E-state index in [0.717, 1.165) is 31.2 Å². The van der Waals surface area contributed by atoms with Crippen LogP contribution in [-0.4, -0.2) is 30.7 Å². The van der Waals surface area contributed by atoms with E-state index in [0.29, 0.717) is 5.76 Å². The minimum Gasteiger partial charge on any atom is -0.463 e. The highest BCUT2D eigenvalue weighted by Gasteiger charge is 2.26. The first-order chi connectivity index (χ1) is 11.5. The molecule has 0 fully saturated rings. The van der Waals surface area contributed by atoms with Crippen molar-refractivity contribution in [3.05, 3.63) is 35.3 Å². The number of aliphatic imine (C=N–C) groups is 1. The molecular weight excluding hydrogens is 302 g/mol. The lowest BCUT2D eigenvalue weighted by molar-refractivity contribution is 0.0428. The van der Waals surface area contributed by atoms with Crippen molar-refractivity contribution in [3.63, 3.8) is 0 Å². The summed E-state index contributed by atoms with van der Waals surface area (Å²) in [4.78, 5) is 4.52. The van der Waals surface area contributed by atoms with E-state index in [-0.39, 0.29) is 6.54 Å². The van der Waals surface area contributed by atoms with Crippen molar-refractivity contribution in [1.82, 2.24) is 10.6 Å². The fourth-order valence-corrected chi connectivity index (χ4v) is 2.85. The van der Waals surface area contributed by atoms with E-state index in [1.165, 1.54) is 25.7 Å². The van der Waals surface area contributed by atoms with E-state index in [1.54, 1.807) is 18.6 Å². The first kappa shape index (κ1) is 18.6. The molecule has 1 unspecified atom stereocenters. The molecule has 0 aromatic carbocycles. The predicted molar refractivity (Wildman–Crippen MR) is 98.2 cm³/mol. The SMILES string of the molecule is CCNC(=NCC(C)(O)c1ccc(C)o1)NCCC1=CCCCC1. The first-order valence-corrected chi connectivity index (χ1v) is 9.00. The number of nitrogens with zero attached hydrogens (tertiary/aromatic N) is 1. The molecule has 0 radical (unpaired) electrons. The second-order valence-electron chi connectivity index (χ2n) is 6.66. The number of guanidine groups is 1. The normalized spacial score (nSPS) is 18.0. The molecule has 0 saturated heterocycles. The third kappa shape index (κ3) is 5.71. The molecule has 5 heteroatoms. The molecule has 0 aliphatic heterocycles. The molecule has 0 spiro atoms. The second kappa shape index (κ2) is 8.92. The fourth-order valence-electron chi connectivity index (χ4n) is 2.85. The lowest BCUT2D eigenvalue weighted by Gasteiger charge is -2.20. The Kier molecular flexibility index (Phi) is 6.91. The summed E-state index contributed by atoms with van der Waals surface area (Å²) >= 11 is 0. The highest BCUT2D eigenvalue weighted by atomic mass is 16.4. The number of nitrogens with one attached hydrogen (secondary N) is 2. The van der Waals surface area contributed by atoms with Crippen LogP contribution in [0.1, 0.15) is 57.5 Å². The molecular formula is C19H31N3O2. The highest BCUT2D eigenvalue weighted by molar-refractivity contribution is 5.79. The van der Waals surface area contributed by atoms with Crippen LogP contribution in [0.15, 0.2) is 33.2 Å². The van der Waals surface area contributed by atoms with Gasteiger partial charge in [0, 0.05) is 13.1 Å². The lowest BCUT2D eigenvalue weighted by Crippen LogP contribution is -2.39. The van der Waals surface area contributed by atoms with Crippen molar-refractivity contribution in [2.45, 2.75) is 58.5 Å². The van der Waals surface area contributed by atoms with Gasteiger partial charge in [-0.1, -0.05) is 11.6 Å². The van der Waals surface area contributed by atoms with Gasteiger partial charge in [0.25, 0.3) is 0 Å². The summed E-state index contributed by atoms with van der Waals surface area (Å²) in [6, 6.07) is 3.66. The summed E-state index contributed by atoms with van der Waals surface area (Å²) in [5.74, 6) is 2.07. The maximum absolute atomic E-state index is 10.6. The summed E-state index contributed by atoms with van der Waals surface area (Å²) < 4.78 is 5.53. The van der Waals surface area contributed by atoms with Crippen LogP contribution in [0.4, 0.5) is 0 Å². The van der Waals surface area contributed by atoms with Gasteiger partial charge in [-0.2, -0.15) is 0 Å². The minimum absolute atomic E-state index is 0.248. The van der Waals surface area contributed by atoms with E-state index in [2.05, 4.69) is 21.7 Å². The van der Waals surface area contributed by atoms with Crippen LogP contribution in [0, 0.1) is 6.92 Å². The molecule has 1 atom stereocenters. The van der Waals surface area contributed by atoms with Crippen LogP contribution in [0.2, 0.25) is 0 Å². The Morgan fingerprint density at radius 3 is 2.79 bits per heavy atom. The Morgan fingerprint density at radius 2 is 2.17 bits per heavy atom. The Morgan fingerprint density at radius 1 is 1.33 bits per heavy atom. The second-order valence-corrected chi connectivity index (χ2v) is 6.66.